The Hall–Kier alpha value is -3.64. The lowest BCUT2D eigenvalue weighted by atomic mass is 9.96. The summed E-state index contributed by atoms with van der Waals surface area (Å²) in [5.41, 5.74) is 4.51. The zero-order valence-corrected chi connectivity index (χ0v) is 19.6. The number of hydrogen-bond donors (Lipinski definition) is 1. The van der Waals surface area contributed by atoms with E-state index >= 15 is 0 Å². The first-order chi connectivity index (χ1) is 16.3. The fourth-order valence-corrected chi connectivity index (χ4v) is 3.95. The van der Waals surface area contributed by atoms with Crippen molar-refractivity contribution >= 4 is 39.7 Å². The molecule has 0 aliphatic heterocycles. The second-order valence-corrected chi connectivity index (χ2v) is 8.22. The molecule has 0 unspecified atom stereocenters. The Morgan fingerprint density at radius 2 is 1.88 bits per heavy atom. The predicted molar refractivity (Wildman–Crippen MR) is 131 cm³/mol. The van der Waals surface area contributed by atoms with Crippen LogP contribution in [-0.4, -0.2) is 12.5 Å². The number of halogens is 3. The standard InChI is InChI=1S/C27H22ClF2NO3/c1-4-33-26-16(3)27-21(22(14-34-27)17-5-7-18(28)8-6-17)13-20(26)15(2)11-25(32)31-24-10-9-19(29)12-23(24)30/h5-14H,4H2,1-3H3,(H,31,32)/b15-11+. The van der Waals surface area contributed by atoms with Crippen molar-refractivity contribution in [2.24, 2.45) is 0 Å². The van der Waals surface area contributed by atoms with Crippen molar-refractivity contribution in [3.8, 4) is 16.9 Å². The number of nitrogens with one attached hydrogen (secondary N) is 1. The van der Waals surface area contributed by atoms with Crippen molar-refractivity contribution in [3.63, 3.8) is 0 Å². The number of fused-ring (bicyclic) bond motifs is 1. The molecule has 1 heterocycles. The smallest absolute Gasteiger partial charge is 0.248 e. The highest BCUT2D eigenvalue weighted by Gasteiger charge is 2.19. The Labute approximate surface area is 200 Å². The third-order valence-corrected chi connectivity index (χ3v) is 5.70. The number of rotatable bonds is 6. The van der Waals surface area contributed by atoms with Crippen molar-refractivity contribution in [1.82, 2.24) is 0 Å². The van der Waals surface area contributed by atoms with Gasteiger partial charge in [0.1, 0.15) is 23.0 Å². The van der Waals surface area contributed by atoms with Gasteiger partial charge in [-0.1, -0.05) is 23.7 Å². The molecule has 7 heteroatoms. The van der Waals surface area contributed by atoms with E-state index in [0.717, 1.165) is 28.1 Å². The summed E-state index contributed by atoms with van der Waals surface area (Å²) in [6, 6.07) is 12.3. The molecule has 0 aliphatic rings. The first-order valence-electron chi connectivity index (χ1n) is 10.7. The lowest BCUT2D eigenvalue weighted by Gasteiger charge is -2.15. The Morgan fingerprint density at radius 3 is 2.56 bits per heavy atom. The van der Waals surface area contributed by atoms with Crippen LogP contribution in [0.2, 0.25) is 5.02 Å². The maximum absolute atomic E-state index is 13.9. The van der Waals surface area contributed by atoms with E-state index in [1.54, 1.807) is 13.2 Å². The molecule has 4 nitrogen and oxygen atoms in total. The Balaban J connectivity index is 1.77. The van der Waals surface area contributed by atoms with E-state index in [0.29, 0.717) is 40.2 Å². The van der Waals surface area contributed by atoms with Gasteiger partial charge in [0.15, 0.2) is 0 Å². The average molecular weight is 482 g/mol. The molecule has 1 amide bonds. The summed E-state index contributed by atoms with van der Waals surface area (Å²) in [6.07, 6.45) is 3.04. The van der Waals surface area contributed by atoms with Crippen LogP contribution in [-0.2, 0) is 4.79 Å². The van der Waals surface area contributed by atoms with Crippen LogP contribution in [0.4, 0.5) is 14.5 Å². The number of carbonyl (C=O) groups excluding carboxylic acids is 1. The van der Waals surface area contributed by atoms with Crippen LogP contribution in [0.1, 0.15) is 25.0 Å². The number of amides is 1. The second-order valence-electron chi connectivity index (χ2n) is 7.78. The number of aryl methyl sites for hydroxylation is 1. The van der Waals surface area contributed by atoms with E-state index in [1.165, 1.54) is 12.1 Å². The number of carbonyl (C=O) groups is 1. The minimum Gasteiger partial charge on any atom is -0.493 e. The molecule has 1 N–H and O–H groups in total. The summed E-state index contributed by atoms with van der Waals surface area (Å²) in [4.78, 5) is 12.6. The van der Waals surface area contributed by atoms with Gasteiger partial charge < -0.3 is 14.5 Å². The summed E-state index contributed by atoms with van der Waals surface area (Å²) < 4.78 is 38.9. The summed E-state index contributed by atoms with van der Waals surface area (Å²) in [5.74, 6) is -1.52. The molecular formula is C27H22ClF2NO3. The van der Waals surface area contributed by atoms with Crippen LogP contribution in [0.25, 0.3) is 27.7 Å². The fourth-order valence-electron chi connectivity index (χ4n) is 3.83. The highest BCUT2D eigenvalue weighted by Crippen LogP contribution is 2.41. The van der Waals surface area contributed by atoms with E-state index in [4.69, 9.17) is 20.8 Å². The molecule has 3 aromatic carbocycles. The SMILES string of the molecule is CCOc1c(/C(C)=C/C(=O)Nc2ccc(F)cc2F)cc2c(-c3ccc(Cl)cc3)coc2c1C. The van der Waals surface area contributed by atoms with Gasteiger partial charge in [-0.2, -0.15) is 0 Å². The van der Waals surface area contributed by atoms with Gasteiger partial charge in [0, 0.05) is 39.2 Å². The van der Waals surface area contributed by atoms with Crippen LogP contribution < -0.4 is 10.1 Å². The summed E-state index contributed by atoms with van der Waals surface area (Å²) >= 11 is 6.04. The van der Waals surface area contributed by atoms with Crippen molar-refractivity contribution < 1.29 is 22.7 Å². The van der Waals surface area contributed by atoms with Gasteiger partial charge in [0.25, 0.3) is 0 Å². The first-order valence-corrected chi connectivity index (χ1v) is 11.0. The van der Waals surface area contributed by atoms with Crippen LogP contribution in [0.3, 0.4) is 0 Å². The molecule has 0 saturated heterocycles. The average Bonchev–Trinajstić information content (AvgIpc) is 3.22. The molecular weight excluding hydrogens is 460 g/mol. The Kier molecular flexibility index (Phi) is 6.70. The van der Waals surface area contributed by atoms with Crippen molar-refractivity contribution in [1.29, 1.82) is 0 Å². The molecule has 0 saturated carbocycles. The van der Waals surface area contributed by atoms with E-state index in [-0.39, 0.29) is 5.69 Å². The zero-order valence-electron chi connectivity index (χ0n) is 18.8. The molecule has 0 spiro atoms. The number of allylic oxidation sites excluding steroid dienone is 1. The third-order valence-electron chi connectivity index (χ3n) is 5.45. The minimum atomic E-state index is -0.849. The van der Waals surface area contributed by atoms with Gasteiger partial charge in [0.05, 0.1) is 18.6 Å². The van der Waals surface area contributed by atoms with Crippen LogP contribution in [0, 0.1) is 18.6 Å². The maximum atomic E-state index is 13.9. The molecule has 0 bridgehead atoms. The molecule has 0 aliphatic carbocycles. The van der Waals surface area contributed by atoms with Crippen molar-refractivity contribution in [2.75, 3.05) is 11.9 Å². The molecule has 0 atom stereocenters. The maximum Gasteiger partial charge on any atom is 0.248 e. The zero-order chi connectivity index (χ0) is 24.4. The predicted octanol–water partition coefficient (Wildman–Crippen LogP) is 7.78. The lowest BCUT2D eigenvalue weighted by molar-refractivity contribution is -0.111. The normalized spacial score (nSPS) is 11.6. The van der Waals surface area contributed by atoms with Gasteiger partial charge >= 0.3 is 0 Å². The molecule has 1 aromatic heterocycles. The fraction of sp³-hybridized carbons (Fsp3) is 0.148. The molecule has 0 fully saturated rings. The van der Waals surface area contributed by atoms with Gasteiger partial charge in [-0.05, 0) is 62.2 Å². The highest BCUT2D eigenvalue weighted by atomic mass is 35.5. The van der Waals surface area contributed by atoms with Gasteiger partial charge in [-0.25, -0.2) is 8.78 Å². The monoisotopic (exact) mass is 481 g/mol. The van der Waals surface area contributed by atoms with Crippen LogP contribution >= 0.6 is 11.6 Å². The Bertz CT molecular complexity index is 1410. The van der Waals surface area contributed by atoms with Gasteiger partial charge in [-0.15, -0.1) is 0 Å². The van der Waals surface area contributed by atoms with Crippen LogP contribution in [0.5, 0.6) is 5.75 Å². The quantitative estimate of drug-likeness (QED) is 0.286. The topological polar surface area (TPSA) is 51.5 Å². The van der Waals surface area contributed by atoms with Gasteiger partial charge in [-0.3, -0.25) is 4.79 Å². The number of ether oxygens (including phenoxy) is 1. The molecule has 4 rings (SSSR count). The molecule has 34 heavy (non-hydrogen) atoms. The molecule has 174 valence electrons. The summed E-state index contributed by atoms with van der Waals surface area (Å²) in [6.45, 7) is 5.96. The number of benzene rings is 3. The first kappa shape index (κ1) is 23.5. The van der Waals surface area contributed by atoms with E-state index in [2.05, 4.69) is 5.32 Å². The second kappa shape index (κ2) is 9.69. The van der Waals surface area contributed by atoms with Crippen molar-refractivity contribution in [3.05, 3.63) is 88.7 Å². The number of anilines is 1. The third kappa shape index (κ3) is 4.68. The number of furan rings is 1. The van der Waals surface area contributed by atoms with E-state index in [1.807, 2.05) is 44.2 Å². The number of hydrogen-bond acceptors (Lipinski definition) is 3. The minimum absolute atomic E-state index is 0.105. The van der Waals surface area contributed by atoms with Crippen molar-refractivity contribution in [2.45, 2.75) is 20.8 Å². The molecule has 0 radical (unpaired) electrons. The van der Waals surface area contributed by atoms with Crippen LogP contribution in [0.15, 0.2) is 65.3 Å². The summed E-state index contributed by atoms with van der Waals surface area (Å²) in [7, 11) is 0. The Morgan fingerprint density at radius 1 is 1.15 bits per heavy atom. The lowest BCUT2D eigenvalue weighted by Crippen LogP contribution is -2.10. The highest BCUT2D eigenvalue weighted by molar-refractivity contribution is 6.30. The van der Waals surface area contributed by atoms with E-state index < -0.39 is 17.5 Å². The summed E-state index contributed by atoms with van der Waals surface area (Å²) in [5, 5.41) is 3.94. The molecule has 4 aromatic rings. The largest absolute Gasteiger partial charge is 0.493 e. The van der Waals surface area contributed by atoms with E-state index in [9.17, 15) is 13.6 Å². The van der Waals surface area contributed by atoms with Gasteiger partial charge in [0.2, 0.25) is 5.91 Å².